The van der Waals surface area contributed by atoms with Crippen molar-refractivity contribution in [3.05, 3.63) is 89.1 Å². The van der Waals surface area contributed by atoms with E-state index < -0.39 is 0 Å². The van der Waals surface area contributed by atoms with Crippen LogP contribution in [0.5, 0.6) is 5.75 Å². The number of thiophene rings is 1. The highest BCUT2D eigenvalue weighted by atomic mass is 32.1. The molecule has 36 heavy (non-hydrogen) atoms. The summed E-state index contributed by atoms with van der Waals surface area (Å²) in [7, 11) is 1.98. The Hall–Kier alpha value is -3.31. The van der Waals surface area contributed by atoms with E-state index >= 15 is 0 Å². The SMILES string of the molecule is Cn1c(C(=O)c2cn(CCCc3ccc(OC4CCCCC4)cc3)c3ccccc23)cc2sccc21. The van der Waals surface area contributed by atoms with E-state index in [0.717, 1.165) is 57.5 Å². The van der Waals surface area contributed by atoms with Crippen LogP contribution < -0.4 is 4.74 Å². The van der Waals surface area contributed by atoms with Crippen molar-refractivity contribution < 1.29 is 9.53 Å². The minimum Gasteiger partial charge on any atom is -0.490 e. The molecule has 1 aliphatic carbocycles. The van der Waals surface area contributed by atoms with Gasteiger partial charge in [-0.3, -0.25) is 4.79 Å². The zero-order valence-electron chi connectivity index (χ0n) is 20.8. The molecule has 5 heteroatoms. The quantitative estimate of drug-likeness (QED) is 0.206. The predicted octanol–water partition coefficient (Wildman–Crippen LogP) is 7.77. The van der Waals surface area contributed by atoms with E-state index in [2.05, 4.69) is 64.7 Å². The van der Waals surface area contributed by atoms with Crippen LogP contribution in [0.25, 0.3) is 21.1 Å². The summed E-state index contributed by atoms with van der Waals surface area (Å²) in [4.78, 5) is 13.6. The van der Waals surface area contributed by atoms with E-state index in [1.165, 1.54) is 37.7 Å². The Labute approximate surface area is 216 Å². The van der Waals surface area contributed by atoms with E-state index in [-0.39, 0.29) is 5.78 Å². The van der Waals surface area contributed by atoms with Gasteiger partial charge in [-0.05, 0) is 79.8 Å². The number of ether oxygens (including phenoxy) is 1. The van der Waals surface area contributed by atoms with Gasteiger partial charge in [0.2, 0.25) is 5.78 Å². The number of ketones is 1. The normalized spacial score (nSPS) is 14.6. The maximum Gasteiger partial charge on any atom is 0.211 e. The number of hydrogen-bond donors (Lipinski definition) is 0. The molecule has 184 valence electrons. The number of carbonyl (C=O) groups excluding carboxylic acids is 1. The molecule has 1 aliphatic rings. The van der Waals surface area contributed by atoms with Gasteiger partial charge in [0.15, 0.2) is 0 Å². The van der Waals surface area contributed by atoms with Crippen LogP contribution in [0.2, 0.25) is 0 Å². The molecule has 4 nitrogen and oxygen atoms in total. The highest BCUT2D eigenvalue weighted by molar-refractivity contribution is 7.17. The average Bonchev–Trinajstić information content (AvgIpc) is 3.61. The van der Waals surface area contributed by atoms with E-state index in [9.17, 15) is 4.79 Å². The van der Waals surface area contributed by atoms with Gasteiger partial charge in [-0.1, -0.05) is 36.8 Å². The lowest BCUT2D eigenvalue weighted by atomic mass is 9.98. The largest absolute Gasteiger partial charge is 0.490 e. The van der Waals surface area contributed by atoms with Crippen LogP contribution in [0.4, 0.5) is 0 Å². The first-order valence-corrected chi connectivity index (χ1v) is 14.0. The first-order valence-electron chi connectivity index (χ1n) is 13.1. The van der Waals surface area contributed by atoms with Gasteiger partial charge in [-0.2, -0.15) is 0 Å². The first-order chi connectivity index (χ1) is 17.7. The van der Waals surface area contributed by atoms with Crippen molar-refractivity contribution in [3.63, 3.8) is 0 Å². The Kier molecular flexibility index (Phi) is 6.41. The van der Waals surface area contributed by atoms with Crippen molar-refractivity contribution in [3.8, 4) is 5.75 Å². The van der Waals surface area contributed by atoms with Gasteiger partial charge in [0.25, 0.3) is 0 Å². The summed E-state index contributed by atoms with van der Waals surface area (Å²) in [5, 5.41) is 3.10. The van der Waals surface area contributed by atoms with Crippen molar-refractivity contribution >= 4 is 38.2 Å². The Morgan fingerprint density at radius 2 is 1.81 bits per heavy atom. The maximum absolute atomic E-state index is 13.6. The van der Waals surface area contributed by atoms with Crippen molar-refractivity contribution in [1.29, 1.82) is 0 Å². The number of aryl methyl sites for hydroxylation is 3. The van der Waals surface area contributed by atoms with Gasteiger partial charge in [0.05, 0.1) is 22.0 Å². The number of fused-ring (bicyclic) bond motifs is 2. The van der Waals surface area contributed by atoms with E-state index in [0.29, 0.717) is 6.10 Å². The molecule has 0 saturated heterocycles. The van der Waals surface area contributed by atoms with E-state index in [1.807, 2.05) is 23.7 Å². The molecule has 0 N–H and O–H groups in total. The van der Waals surface area contributed by atoms with Gasteiger partial charge in [-0.25, -0.2) is 0 Å². The summed E-state index contributed by atoms with van der Waals surface area (Å²) in [6.07, 6.45) is 10.7. The van der Waals surface area contributed by atoms with E-state index in [4.69, 9.17) is 4.74 Å². The molecule has 0 aliphatic heterocycles. The first kappa shape index (κ1) is 23.1. The summed E-state index contributed by atoms with van der Waals surface area (Å²) in [6, 6.07) is 21.0. The third-order valence-corrected chi connectivity index (χ3v) is 8.43. The summed E-state index contributed by atoms with van der Waals surface area (Å²) in [6.45, 7) is 0.871. The minimum atomic E-state index is 0.0874. The molecule has 5 aromatic rings. The van der Waals surface area contributed by atoms with Crippen molar-refractivity contribution in [2.24, 2.45) is 7.05 Å². The summed E-state index contributed by atoms with van der Waals surface area (Å²) in [5.74, 6) is 1.08. The van der Waals surface area contributed by atoms with Crippen LogP contribution in [-0.4, -0.2) is 21.0 Å². The maximum atomic E-state index is 13.6. The molecule has 3 heterocycles. The molecule has 0 amide bonds. The lowest BCUT2D eigenvalue weighted by molar-refractivity contribution is 0.103. The second-order valence-corrected chi connectivity index (χ2v) is 10.9. The second kappa shape index (κ2) is 9.98. The van der Waals surface area contributed by atoms with Crippen LogP contribution in [-0.2, 0) is 20.0 Å². The fourth-order valence-corrected chi connectivity index (χ4v) is 6.43. The molecule has 0 spiro atoms. The minimum absolute atomic E-state index is 0.0874. The topological polar surface area (TPSA) is 36.2 Å². The highest BCUT2D eigenvalue weighted by Crippen LogP contribution is 2.29. The number of aromatic nitrogens is 2. The van der Waals surface area contributed by atoms with Crippen LogP contribution in [0, 0.1) is 0 Å². The fourth-order valence-electron chi connectivity index (χ4n) is 5.58. The Bertz CT molecular complexity index is 1500. The highest BCUT2D eigenvalue weighted by Gasteiger charge is 2.21. The van der Waals surface area contributed by atoms with Crippen LogP contribution >= 0.6 is 11.3 Å². The van der Waals surface area contributed by atoms with Gasteiger partial charge in [0, 0.05) is 36.3 Å². The van der Waals surface area contributed by atoms with Gasteiger partial charge in [-0.15, -0.1) is 11.3 Å². The van der Waals surface area contributed by atoms with Gasteiger partial charge in [0.1, 0.15) is 5.75 Å². The molecule has 0 bridgehead atoms. The molecular formula is C31H32N2O2S. The number of carbonyl (C=O) groups is 1. The lowest BCUT2D eigenvalue weighted by Gasteiger charge is -2.23. The molecule has 0 atom stereocenters. The number of nitrogens with zero attached hydrogens (tertiary/aromatic N) is 2. The number of para-hydroxylation sites is 1. The van der Waals surface area contributed by atoms with Crippen LogP contribution in [0.1, 0.15) is 60.1 Å². The zero-order chi connectivity index (χ0) is 24.5. The molecule has 2 aromatic carbocycles. The summed E-state index contributed by atoms with van der Waals surface area (Å²) < 4.78 is 11.6. The van der Waals surface area contributed by atoms with Crippen molar-refractivity contribution in [2.45, 2.75) is 57.6 Å². The van der Waals surface area contributed by atoms with Crippen molar-refractivity contribution in [2.75, 3.05) is 0 Å². The van der Waals surface area contributed by atoms with Gasteiger partial charge < -0.3 is 13.9 Å². The molecule has 0 unspecified atom stereocenters. The zero-order valence-corrected chi connectivity index (χ0v) is 21.6. The average molecular weight is 497 g/mol. The molecule has 6 rings (SSSR count). The number of benzene rings is 2. The molecule has 0 radical (unpaired) electrons. The molecule has 3 aromatic heterocycles. The fraction of sp³-hybridized carbons (Fsp3) is 0.323. The predicted molar refractivity (Wildman–Crippen MR) is 148 cm³/mol. The molecular weight excluding hydrogens is 464 g/mol. The lowest BCUT2D eigenvalue weighted by Crippen LogP contribution is -2.19. The van der Waals surface area contributed by atoms with E-state index in [1.54, 1.807) is 11.3 Å². The number of rotatable bonds is 8. The summed E-state index contributed by atoms with van der Waals surface area (Å²) in [5.41, 5.74) is 5.08. The van der Waals surface area contributed by atoms with Gasteiger partial charge >= 0.3 is 0 Å². The van der Waals surface area contributed by atoms with Crippen LogP contribution in [0.3, 0.4) is 0 Å². The second-order valence-electron chi connectivity index (χ2n) is 9.97. The summed E-state index contributed by atoms with van der Waals surface area (Å²) >= 11 is 1.68. The Balaban J connectivity index is 1.15. The monoisotopic (exact) mass is 496 g/mol. The van der Waals surface area contributed by atoms with Crippen LogP contribution in [0.15, 0.2) is 72.2 Å². The smallest absolute Gasteiger partial charge is 0.211 e. The number of hydrogen-bond acceptors (Lipinski definition) is 3. The standard InChI is InChI=1S/C31H32N2O2S/c1-32-28-17-19-36-30(28)20-29(32)31(34)26-21-33(27-12-6-5-11-25(26)27)18-7-8-22-13-15-24(16-14-22)35-23-9-3-2-4-10-23/h5-6,11-17,19-21,23H,2-4,7-10,18H2,1H3. The Morgan fingerprint density at radius 3 is 2.61 bits per heavy atom. The van der Waals surface area contributed by atoms with Crippen molar-refractivity contribution in [1.82, 2.24) is 9.13 Å². The Morgan fingerprint density at radius 1 is 1.00 bits per heavy atom. The molecule has 1 saturated carbocycles. The molecule has 1 fully saturated rings. The third-order valence-electron chi connectivity index (χ3n) is 7.57. The third kappa shape index (κ3) is 4.48.